The summed E-state index contributed by atoms with van der Waals surface area (Å²) in [6.45, 7) is 5.65. The number of aliphatic hydroxyl groups excluding tert-OH is 2. The van der Waals surface area contributed by atoms with Crippen LogP contribution in [0.25, 0.3) is 0 Å². The third-order valence-corrected chi connectivity index (χ3v) is 3.61. The Labute approximate surface area is 108 Å². The molecule has 0 spiro atoms. The van der Waals surface area contributed by atoms with Crippen molar-refractivity contribution in [1.82, 2.24) is 0 Å². The highest BCUT2D eigenvalue weighted by molar-refractivity contribution is 5.48. The van der Waals surface area contributed by atoms with Crippen molar-refractivity contribution in [2.75, 3.05) is 0 Å². The van der Waals surface area contributed by atoms with E-state index in [9.17, 15) is 10.2 Å². The van der Waals surface area contributed by atoms with Gasteiger partial charge in [0.1, 0.15) is 5.76 Å². The summed E-state index contributed by atoms with van der Waals surface area (Å²) in [5, 5.41) is 20.0. The van der Waals surface area contributed by atoms with Crippen LogP contribution in [-0.2, 0) is 0 Å². The summed E-state index contributed by atoms with van der Waals surface area (Å²) >= 11 is 0. The molecule has 2 rings (SSSR count). The first-order valence-corrected chi connectivity index (χ1v) is 6.45. The molecule has 0 aliphatic heterocycles. The molecule has 0 amide bonds. The fraction of sp³-hybridized carbons (Fsp3) is 0.375. The molecular weight excluding hydrogens is 224 g/mol. The van der Waals surface area contributed by atoms with E-state index in [1.807, 2.05) is 13.0 Å². The molecule has 0 aromatic carbocycles. The van der Waals surface area contributed by atoms with Gasteiger partial charge in [0.25, 0.3) is 0 Å². The van der Waals surface area contributed by atoms with Gasteiger partial charge < -0.3 is 10.2 Å². The first-order valence-electron chi connectivity index (χ1n) is 6.45. The van der Waals surface area contributed by atoms with E-state index >= 15 is 0 Å². The van der Waals surface area contributed by atoms with Crippen LogP contribution in [0.15, 0.2) is 58.6 Å². The van der Waals surface area contributed by atoms with Crippen molar-refractivity contribution >= 4 is 0 Å². The Morgan fingerprint density at radius 2 is 2.06 bits per heavy atom. The number of rotatable bonds is 3. The van der Waals surface area contributed by atoms with Gasteiger partial charge in [0, 0.05) is 6.42 Å². The van der Waals surface area contributed by atoms with Crippen LogP contribution in [0.2, 0.25) is 0 Å². The molecule has 2 N–H and O–H groups in total. The van der Waals surface area contributed by atoms with Crippen LogP contribution in [-0.4, -0.2) is 10.2 Å². The van der Waals surface area contributed by atoms with Gasteiger partial charge in [0.15, 0.2) is 0 Å². The van der Waals surface area contributed by atoms with Crippen molar-refractivity contribution in [1.29, 1.82) is 0 Å². The molecule has 18 heavy (non-hydrogen) atoms. The molecule has 0 aromatic rings. The lowest BCUT2D eigenvalue weighted by Crippen LogP contribution is -2.06. The van der Waals surface area contributed by atoms with E-state index in [0.717, 1.165) is 41.6 Å². The van der Waals surface area contributed by atoms with E-state index < -0.39 is 0 Å². The molecule has 0 saturated heterocycles. The van der Waals surface area contributed by atoms with E-state index in [4.69, 9.17) is 0 Å². The van der Waals surface area contributed by atoms with Crippen molar-refractivity contribution in [2.24, 2.45) is 0 Å². The second-order valence-corrected chi connectivity index (χ2v) is 4.89. The maximum absolute atomic E-state index is 10.1. The first kappa shape index (κ1) is 12.7. The van der Waals surface area contributed by atoms with Gasteiger partial charge in [0.05, 0.1) is 5.76 Å². The molecule has 0 atom stereocenters. The van der Waals surface area contributed by atoms with Crippen LogP contribution in [0.1, 0.15) is 39.0 Å². The second-order valence-electron chi connectivity index (χ2n) is 4.89. The fourth-order valence-electron chi connectivity index (χ4n) is 2.55. The van der Waals surface area contributed by atoms with E-state index in [2.05, 4.69) is 12.7 Å². The van der Waals surface area contributed by atoms with E-state index in [1.54, 1.807) is 6.08 Å². The number of aliphatic hydroxyl groups is 2. The van der Waals surface area contributed by atoms with Crippen LogP contribution in [0.3, 0.4) is 0 Å². The summed E-state index contributed by atoms with van der Waals surface area (Å²) in [4.78, 5) is 0. The lowest BCUT2D eigenvalue weighted by molar-refractivity contribution is 0.377. The average Bonchev–Trinajstić information content (AvgIpc) is 2.36. The Bertz CT molecular complexity index is 487. The van der Waals surface area contributed by atoms with E-state index in [0.29, 0.717) is 24.4 Å². The summed E-state index contributed by atoms with van der Waals surface area (Å²) < 4.78 is 0. The minimum Gasteiger partial charge on any atom is -0.512 e. The zero-order valence-electron chi connectivity index (χ0n) is 10.9. The number of hydrogen-bond donors (Lipinski definition) is 2. The predicted molar refractivity (Wildman–Crippen MR) is 74.4 cm³/mol. The van der Waals surface area contributed by atoms with Gasteiger partial charge >= 0.3 is 0 Å². The van der Waals surface area contributed by atoms with Crippen LogP contribution in [0.4, 0.5) is 0 Å². The molecule has 0 bridgehead atoms. The molecule has 2 nitrogen and oxygen atoms in total. The van der Waals surface area contributed by atoms with Crippen molar-refractivity contribution < 1.29 is 10.2 Å². The molecule has 2 aliphatic rings. The number of hydrogen-bond acceptors (Lipinski definition) is 2. The molecule has 2 heteroatoms. The van der Waals surface area contributed by atoms with Crippen LogP contribution >= 0.6 is 0 Å². The normalized spacial score (nSPS) is 20.7. The van der Waals surface area contributed by atoms with Gasteiger partial charge in [-0.25, -0.2) is 0 Å². The standard InChI is InChI=1S/C16H20O2/c1-3-5-13-10-12(8-9-15(13)17)14-7-4-6-11(2)16(14)18/h3,6,10,17-18H,1,4-5,7-9H2,2H3. The Morgan fingerprint density at radius 1 is 1.28 bits per heavy atom. The van der Waals surface area contributed by atoms with Gasteiger partial charge in [0.2, 0.25) is 0 Å². The van der Waals surface area contributed by atoms with Gasteiger partial charge in [-0.15, -0.1) is 6.58 Å². The summed E-state index contributed by atoms with van der Waals surface area (Å²) in [5.74, 6) is 0.883. The molecule has 0 radical (unpaired) electrons. The van der Waals surface area contributed by atoms with Crippen molar-refractivity contribution in [3.63, 3.8) is 0 Å². The van der Waals surface area contributed by atoms with Crippen molar-refractivity contribution in [2.45, 2.75) is 39.0 Å². The van der Waals surface area contributed by atoms with Crippen molar-refractivity contribution in [3.05, 3.63) is 58.6 Å². The van der Waals surface area contributed by atoms with Crippen molar-refractivity contribution in [3.8, 4) is 0 Å². The molecule has 0 saturated carbocycles. The lowest BCUT2D eigenvalue weighted by atomic mass is 9.85. The quantitative estimate of drug-likeness (QED) is 0.709. The Kier molecular flexibility index (Phi) is 3.75. The summed E-state index contributed by atoms with van der Waals surface area (Å²) in [6.07, 6.45) is 9.90. The van der Waals surface area contributed by atoms with Gasteiger partial charge in [-0.05, 0) is 54.9 Å². The second kappa shape index (κ2) is 5.30. The van der Waals surface area contributed by atoms with Crippen LogP contribution < -0.4 is 0 Å². The molecule has 0 aromatic heterocycles. The highest BCUT2D eigenvalue weighted by Crippen LogP contribution is 2.35. The summed E-state index contributed by atoms with van der Waals surface area (Å²) in [5.41, 5.74) is 4.10. The average molecular weight is 244 g/mol. The Morgan fingerprint density at radius 3 is 2.78 bits per heavy atom. The highest BCUT2D eigenvalue weighted by atomic mass is 16.3. The van der Waals surface area contributed by atoms with Gasteiger partial charge in [-0.2, -0.15) is 0 Å². The minimum absolute atomic E-state index is 0.423. The molecule has 0 fully saturated rings. The molecule has 0 unspecified atom stereocenters. The molecule has 0 heterocycles. The summed E-state index contributed by atoms with van der Waals surface area (Å²) in [7, 11) is 0. The lowest BCUT2D eigenvalue weighted by Gasteiger charge is -2.22. The maximum atomic E-state index is 10.1. The maximum Gasteiger partial charge on any atom is 0.121 e. The Balaban J connectivity index is 2.35. The third-order valence-electron chi connectivity index (χ3n) is 3.61. The number of allylic oxidation sites excluding steroid dienone is 8. The SMILES string of the molecule is C=CCC1=C(O)CCC(C2=C(O)C(C)=CCC2)=C1. The largest absolute Gasteiger partial charge is 0.512 e. The van der Waals surface area contributed by atoms with Gasteiger partial charge in [-0.3, -0.25) is 0 Å². The fourth-order valence-corrected chi connectivity index (χ4v) is 2.55. The third kappa shape index (κ3) is 2.42. The van der Waals surface area contributed by atoms with Crippen LogP contribution in [0, 0.1) is 0 Å². The van der Waals surface area contributed by atoms with E-state index in [1.165, 1.54) is 0 Å². The topological polar surface area (TPSA) is 40.5 Å². The summed E-state index contributed by atoms with van der Waals surface area (Å²) in [6, 6.07) is 0. The molecule has 2 aliphatic carbocycles. The zero-order chi connectivity index (χ0) is 13.1. The zero-order valence-corrected chi connectivity index (χ0v) is 10.9. The predicted octanol–water partition coefficient (Wildman–Crippen LogP) is 4.65. The Hall–Kier alpha value is -1.70. The van der Waals surface area contributed by atoms with E-state index in [-0.39, 0.29) is 0 Å². The minimum atomic E-state index is 0.423. The molecular formula is C16H20O2. The molecule has 96 valence electrons. The van der Waals surface area contributed by atoms with Gasteiger partial charge in [-0.1, -0.05) is 18.2 Å². The first-order chi connectivity index (χ1) is 8.63. The monoisotopic (exact) mass is 244 g/mol. The van der Waals surface area contributed by atoms with Crippen LogP contribution in [0.5, 0.6) is 0 Å². The smallest absolute Gasteiger partial charge is 0.121 e. The highest BCUT2D eigenvalue weighted by Gasteiger charge is 2.19.